The zero-order valence-corrected chi connectivity index (χ0v) is 16.5. The number of nitrogens with zero attached hydrogens (tertiary/aromatic N) is 1. The fraction of sp³-hybridized carbons (Fsp3) is 0.286. The van der Waals surface area contributed by atoms with Gasteiger partial charge in [0.15, 0.2) is 11.5 Å². The van der Waals surface area contributed by atoms with E-state index in [0.717, 1.165) is 28.3 Å². The molecule has 1 amide bonds. The minimum Gasteiger partial charge on any atom is -0.493 e. The lowest BCUT2D eigenvalue weighted by molar-refractivity contribution is -0.114. The van der Waals surface area contributed by atoms with Crippen molar-refractivity contribution in [1.29, 1.82) is 0 Å². The fourth-order valence-corrected chi connectivity index (χ4v) is 4.01. The fourth-order valence-electron chi connectivity index (χ4n) is 3.01. The van der Waals surface area contributed by atoms with Gasteiger partial charge >= 0.3 is 0 Å². The van der Waals surface area contributed by atoms with E-state index in [1.54, 1.807) is 45.2 Å². The molecule has 0 N–H and O–H groups in total. The quantitative estimate of drug-likeness (QED) is 0.720. The Hall–Kier alpha value is -2.60. The van der Waals surface area contributed by atoms with E-state index >= 15 is 0 Å². The molecule has 6 heteroatoms. The van der Waals surface area contributed by atoms with Gasteiger partial charge < -0.3 is 19.1 Å². The highest BCUT2D eigenvalue weighted by molar-refractivity contribution is 7.99. The molecule has 0 atom stereocenters. The van der Waals surface area contributed by atoms with Crippen LogP contribution in [0.3, 0.4) is 0 Å². The normalized spacial score (nSPS) is 13.8. The predicted molar refractivity (Wildman–Crippen MR) is 109 cm³/mol. The maximum atomic E-state index is 12.9. The SMILES string of the molecule is COc1cc(/C=C/C(=O)N2CCCSc3ccccc32)cc(OC)c1OC. The second-order valence-corrected chi connectivity index (χ2v) is 7.09. The van der Waals surface area contributed by atoms with Gasteiger partial charge in [0, 0.05) is 17.5 Å². The number of thioether (sulfide) groups is 1. The number of carbonyl (C=O) groups is 1. The number of rotatable bonds is 5. The van der Waals surface area contributed by atoms with Gasteiger partial charge in [0.05, 0.1) is 27.0 Å². The maximum Gasteiger partial charge on any atom is 0.251 e. The summed E-state index contributed by atoms with van der Waals surface area (Å²) < 4.78 is 16.1. The van der Waals surface area contributed by atoms with Crippen molar-refractivity contribution in [3.8, 4) is 17.2 Å². The Balaban J connectivity index is 1.87. The minimum atomic E-state index is -0.0429. The van der Waals surface area contributed by atoms with Gasteiger partial charge in [-0.05, 0) is 48.1 Å². The van der Waals surface area contributed by atoms with Crippen LogP contribution in [0.1, 0.15) is 12.0 Å². The van der Waals surface area contributed by atoms with Crippen LogP contribution in [0, 0.1) is 0 Å². The standard InChI is InChI=1S/C21H23NO4S/c1-24-17-13-15(14-18(25-2)21(17)26-3)9-10-20(23)22-11-6-12-27-19-8-5-4-7-16(19)22/h4-5,7-10,13-14H,6,11-12H2,1-3H3/b10-9+. The summed E-state index contributed by atoms with van der Waals surface area (Å²) in [4.78, 5) is 15.8. The third kappa shape index (κ3) is 4.22. The Morgan fingerprint density at radius 1 is 1.07 bits per heavy atom. The zero-order chi connectivity index (χ0) is 19.2. The average Bonchev–Trinajstić information content (AvgIpc) is 2.93. The largest absolute Gasteiger partial charge is 0.493 e. The van der Waals surface area contributed by atoms with Crippen molar-refractivity contribution < 1.29 is 19.0 Å². The number of amides is 1. The summed E-state index contributed by atoms with van der Waals surface area (Å²) in [6.07, 6.45) is 4.32. The van der Waals surface area contributed by atoms with Gasteiger partial charge in [-0.3, -0.25) is 4.79 Å². The molecule has 142 valence electrons. The molecule has 1 aliphatic rings. The molecule has 0 spiro atoms. The third-order valence-corrected chi connectivity index (χ3v) is 5.46. The lowest BCUT2D eigenvalue weighted by atomic mass is 10.1. The van der Waals surface area contributed by atoms with Crippen LogP contribution in [-0.2, 0) is 4.79 Å². The maximum absolute atomic E-state index is 12.9. The van der Waals surface area contributed by atoms with E-state index in [-0.39, 0.29) is 5.91 Å². The number of carbonyl (C=O) groups excluding carboxylic acids is 1. The summed E-state index contributed by atoms with van der Waals surface area (Å²) in [7, 11) is 4.71. The molecule has 2 aromatic rings. The molecule has 0 saturated carbocycles. The first-order valence-electron chi connectivity index (χ1n) is 8.69. The topological polar surface area (TPSA) is 48.0 Å². The van der Waals surface area contributed by atoms with E-state index in [0.29, 0.717) is 23.8 Å². The smallest absolute Gasteiger partial charge is 0.251 e. The third-order valence-electron chi connectivity index (χ3n) is 4.31. The van der Waals surface area contributed by atoms with E-state index in [4.69, 9.17) is 14.2 Å². The Morgan fingerprint density at radius 2 is 1.78 bits per heavy atom. The predicted octanol–water partition coefficient (Wildman–Crippen LogP) is 4.25. The Bertz CT molecular complexity index is 825. The van der Waals surface area contributed by atoms with Crippen molar-refractivity contribution in [3.63, 3.8) is 0 Å². The van der Waals surface area contributed by atoms with Crippen LogP contribution in [0.15, 0.2) is 47.4 Å². The van der Waals surface area contributed by atoms with Crippen molar-refractivity contribution in [2.45, 2.75) is 11.3 Å². The molecule has 0 unspecified atom stereocenters. The van der Waals surface area contributed by atoms with Gasteiger partial charge in [-0.1, -0.05) is 12.1 Å². The highest BCUT2D eigenvalue weighted by atomic mass is 32.2. The van der Waals surface area contributed by atoms with Gasteiger partial charge in [-0.25, -0.2) is 0 Å². The van der Waals surface area contributed by atoms with E-state index in [1.165, 1.54) is 0 Å². The molecule has 0 radical (unpaired) electrons. The minimum absolute atomic E-state index is 0.0429. The summed E-state index contributed by atoms with van der Waals surface area (Å²) in [5, 5.41) is 0. The van der Waals surface area contributed by atoms with Crippen molar-refractivity contribution >= 4 is 29.4 Å². The van der Waals surface area contributed by atoms with Crippen LogP contribution in [-0.4, -0.2) is 39.5 Å². The Labute approximate surface area is 163 Å². The van der Waals surface area contributed by atoms with Crippen LogP contribution >= 0.6 is 11.8 Å². The molecule has 0 fully saturated rings. The number of ether oxygens (including phenoxy) is 3. The second-order valence-electron chi connectivity index (χ2n) is 5.95. The molecule has 0 aromatic heterocycles. The first kappa shape index (κ1) is 19.2. The average molecular weight is 385 g/mol. The lowest BCUT2D eigenvalue weighted by Crippen LogP contribution is -2.30. The van der Waals surface area contributed by atoms with Crippen molar-refractivity contribution in [2.75, 3.05) is 38.5 Å². The molecule has 27 heavy (non-hydrogen) atoms. The Kier molecular flexibility index (Phi) is 6.29. The van der Waals surface area contributed by atoms with Gasteiger partial charge in [0.1, 0.15) is 0 Å². The van der Waals surface area contributed by atoms with E-state index in [9.17, 15) is 4.79 Å². The lowest BCUT2D eigenvalue weighted by Gasteiger charge is -2.20. The molecular weight excluding hydrogens is 362 g/mol. The van der Waals surface area contributed by atoms with E-state index in [2.05, 4.69) is 6.07 Å². The van der Waals surface area contributed by atoms with Gasteiger partial charge in [-0.2, -0.15) is 0 Å². The molecule has 2 aromatic carbocycles. The molecule has 0 saturated heterocycles. The monoisotopic (exact) mass is 385 g/mol. The molecule has 0 bridgehead atoms. The number of fused-ring (bicyclic) bond motifs is 1. The first-order valence-corrected chi connectivity index (χ1v) is 9.68. The summed E-state index contributed by atoms with van der Waals surface area (Å²) >= 11 is 1.79. The van der Waals surface area contributed by atoms with E-state index in [1.807, 2.05) is 35.2 Å². The molecule has 1 heterocycles. The zero-order valence-electron chi connectivity index (χ0n) is 15.7. The molecule has 5 nitrogen and oxygen atoms in total. The van der Waals surface area contributed by atoms with Gasteiger partial charge in [0.25, 0.3) is 5.91 Å². The van der Waals surface area contributed by atoms with Crippen LogP contribution in [0.5, 0.6) is 17.2 Å². The van der Waals surface area contributed by atoms with Crippen LogP contribution in [0.2, 0.25) is 0 Å². The number of hydrogen-bond acceptors (Lipinski definition) is 5. The first-order chi connectivity index (χ1) is 13.2. The number of para-hydroxylation sites is 1. The second kappa shape index (κ2) is 8.86. The number of hydrogen-bond donors (Lipinski definition) is 0. The summed E-state index contributed by atoms with van der Waals surface area (Å²) in [5.74, 6) is 2.61. The Morgan fingerprint density at radius 3 is 2.44 bits per heavy atom. The summed E-state index contributed by atoms with van der Waals surface area (Å²) in [5.41, 5.74) is 1.77. The highest BCUT2D eigenvalue weighted by Gasteiger charge is 2.19. The molecule has 3 rings (SSSR count). The van der Waals surface area contributed by atoms with Crippen LogP contribution in [0.4, 0.5) is 5.69 Å². The van der Waals surface area contributed by atoms with Gasteiger partial charge in [-0.15, -0.1) is 11.8 Å². The molecule has 0 aliphatic carbocycles. The molecule has 1 aliphatic heterocycles. The summed E-state index contributed by atoms with van der Waals surface area (Å²) in [6, 6.07) is 11.7. The highest BCUT2D eigenvalue weighted by Crippen LogP contribution is 2.38. The van der Waals surface area contributed by atoms with E-state index < -0.39 is 0 Å². The number of benzene rings is 2. The van der Waals surface area contributed by atoms with Crippen molar-refractivity contribution in [2.24, 2.45) is 0 Å². The van der Waals surface area contributed by atoms with Crippen LogP contribution < -0.4 is 19.1 Å². The summed E-state index contributed by atoms with van der Waals surface area (Å²) in [6.45, 7) is 0.711. The van der Waals surface area contributed by atoms with Crippen LogP contribution in [0.25, 0.3) is 6.08 Å². The molecular formula is C21H23NO4S. The van der Waals surface area contributed by atoms with Crippen molar-refractivity contribution in [3.05, 3.63) is 48.0 Å². The number of anilines is 1. The van der Waals surface area contributed by atoms with Crippen molar-refractivity contribution in [1.82, 2.24) is 0 Å². The number of methoxy groups -OCH3 is 3. The van der Waals surface area contributed by atoms with Gasteiger partial charge in [0.2, 0.25) is 5.75 Å².